The van der Waals surface area contributed by atoms with E-state index in [9.17, 15) is 13.9 Å². The first-order valence-electron chi connectivity index (χ1n) is 5.80. The van der Waals surface area contributed by atoms with Gasteiger partial charge in [0.05, 0.1) is 0 Å². The van der Waals surface area contributed by atoms with Gasteiger partial charge in [-0.25, -0.2) is 8.78 Å². The highest BCUT2D eigenvalue weighted by Gasteiger charge is 2.14. The number of halogens is 2. The Morgan fingerprint density at radius 2 is 1.94 bits per heavy atom. The number of rotatable bonds is 4. The Bertz CT molecular complexity index is 534. The Kier molecular flexibility index (Phi) is 3.77. The predicted molar refractivity (Wildman–Crippen MR) is 63.1 cm³/mol. The smallest absolute Gasteiger partial charge is 0.159 e. The van der Waals surface area contributed by atoms with Gasteiger partial charge in [0, 0.05) is 12.8 Å². The van der Waals surface area contributed by atoms with Gasteiger partial charge in [-0.2, -0.15) is 0 Å². The minimum atomic E-state index is -0.909. The highest BCUT2D eigenvalue weighted by atomic mass is 19.2. The highest BCUT2D eigenvalue weighted by Crippen LogP contribution is 2.21. The molecule has 0 fully saturated rings. The van der Waals surface area contributed by atoms with Crippen molar-refractivity contribution in [2.45, 2.75) is 25.9 Å². The summed E-state index contributed by atoms with van der Waals surface area (Å²) in [7, 11) is 0. The number of furan rings is 1. The number of benzene rings is 1. The fourth-order valence-corrected chi connectivity index (χ4v) is 1.75. The minimum Gasteiger partial charge on any atom is -0.463 e. The van der Waals surface area contributed by atoms with Gasteiger partial charge in [-0.05, 0) is 29.8 Å². The van der Waals surface area contributed by atoms with E-state index >= 15 is 0 Å². The van der Waals surface area contributed by atoms with E-state index in [1.165, 1.54) is 6.07 Å². The summed E-state index contributed by atoms with van der Waals surface area (Å²) in [5.41, 5.74) is 0.524. The molecule has 18 heavy (non-hydrogen) atoms. The number of aryl methyl sites for hydroxylation is 1. The van der Waals surface area contributed by atoms with Crippen molar-refractivity contribution in [2.24, 2.45) is 0 Å². The van der Waals surface area contributed by atoms with Gasteiger partial charge in [-0.15, -0.1) is 0 Å². The molecular weight excluding hydrogens is 238 g/mol. The number of aliphatic hydroxyl groups is 1. The van der Waals surface area contributed by atoms with Gasteiger partial charge < -0.3 is 9.52 Å². The third-order valence-corrected chi connectivity index (χ3v) is 2.77. The third kappa shape index (κ3) is 2.76. The van der Waals surface area contributed by atoms with Gasteiger partial charge in [0.25, 0.3) is 0 Å². The maximum Gasteiger partial charge on any atom is 0.159 e. The zero-order valence-electron chi connectivity index (χ0n) is 9.99. The molecule has 1 aromatic carbocycles. The van der Waals surface area contributed by atoms with E-state index < -0.39 is 17.7 Å². The Morgan fingerprint density at radius 3 is 2.56 bits per heavy atom. The lowest BCUT2D eigenvalue weighted by molar-refractivity contribution is 0.148. The number of hydrogen-bond acceptors (Lipinski definition) is 2. The molecule has 0 radical (unpaired) electrons. The topological polar surface area (TPSA) is 33.4 Å². The third-order valence-electron chi connectivity index (χ3n) is 2.77. The van der Waals surface area contributed by atoms with Crippen LogP contribution in [0.1, 0.15) is 30.1 Å². The first-order chi connectivity index (χ1) is 8.60. The fourth-order valence-electron chi connectivity index (χ4n) is 1.75. The monoisotopic (exact) mass is 252 g/mol. The van der Waals surface area contributed by atoms with Gasteiger partial charge in [0.1, 0.15) is 17.6 Å². The van der Waals surface area contributed by atoms with E-state index in [0.717, 1.165) is 24.3 Å². The lowest BCUT2D eigenvalue weighted by atomic mass is 10.1. The Labute approximate surface area is 104 Å². The first kappa shape index (κ1) is 12.8. The summed E-state index contributed by atoms with van der Waals surface area (Å²) in [5.74, 6) is -0.571. The van der Waals surface area contributed by atoms with E-state index in [-0.39, 0.29) is 6.42 Å². The zero-order chi connectivity index (χ0) is 13.1. The predicted octanol–water partition coefficient (Wildman–Crippen LogP) is 3.40. The van der Waals surface area contributed by atoms with Crippen molar-refractivity contribution in [3.8, 4) is 0 Å². The average molecular weight is 252 g/mol. The fraction of sp³-hybridized carbons (Fsp3) is 0.286. The summed E-state index contributed by atoms with van der Waals surface area (Å²) in [4.78, 5) is 0. The van der Waals surface area contributed by atoms with Crippen LogP contribution >= 0.6 is 0 Å². The maximum absolute atomic E-state index is 13.0. The van der Waals surface area contributed by atoms with Crippen molar-refractivity contribution >= 4 is 0 Å². The SMILES string of the molecule is CCc1ccc(C(O)Cc2ccc(F)c(F)c2)o1. The quantitative estimate of drug-likeness (QED) is 0.904. The van der Waals surface area contributed by atoms with Crippen molar-refractivity contribution in [1.29, 1.82) is 0 Å². The van der Waals surface area contributed by atoms with Crippen LogP contribution in [0.25, 0.3) is 0 Å². The second kappa shape index (κ2) is 5.31. The van der Waals surface area contributed by atoms with Crippen molar-refractivity contribution in [1.82, 2.24) is 0 Å². The Morgan fingerprint density at radius 1 is 1.17 bits per heavy atom. The molecule has 1 atom stereocenters. The van der Waals surface area contributed by atoms with Crippen LogP contribution in [0.4, 0.5) is 8.78 Å². The van der Waals surface area contributed by atoms with Gasteiger partial charge in [-0.3, -0.25) is 0 Å². The van der Waals surface area contributed by atoms with Crippen molar-refractivity contribution in [2.75, 3.05) is 0 Å². The van der Waals surface area contributed by atoms with Gasteiger partial charge in [-0.1, -0.05) is 13.0 Å². The molecule has 2 rings (SSSR count). The Balaban J connectivity index is 2.10. The zero-order valence-corrected chi connectivity index (χ0v) is 9.99. The number of hydrogen-bond donors (Lipinski definition) is 1. The molecule has 0 aliphatic heterocycles. The lowest BCUT2D eigenvalue weighted by Crippen LogP contribution is -2.01. The van der Waals surface area contributed by atoms with Gasteiger partial charge >= 0.3 is 0 Å². The molecule has 1 unspecified atom stereocenters. The molecule has 1 aromatic heterocycles. The highest BCUT2D eigenvalue weighted by molar-refractivity contribution is 5.20. The molecule has 0 saturated carbocycles. The standard InChI is InChI=1S/C14H14F2O2/c1-2-10-4-6-14(18-10)13(17)8-9-3-5-11(15)12(16)7-9/h3-7,13,17H,2,8H2,1H3. The second-order valence-corrected chi connectivity index (χ2v) is 4.13. The van der Waals surface area contributed by atoms with Crippen LogP contribution in [0, 0.1) is 11.6 Å². The molecule has 96 valence electrons. The molecule has 1 N–H and O–H groups in total. The van der Waals surface area contributed by atoms with Crippen LogP contribution in [-0.2, 0) is 12.8 Å². The van der Waals surface area contributed by atoms with Crippen LogP contribution in [0.5, 0.6) is 0 Å². The normalized spacial score (nSPS) is 12.7. The molecule has 0 aliphatic carbocycles. The Hall–Kier alpha value is -1.68. The summed E-state index contributed by atoms with van der Waals surface area (Å²) in [6.45, 7) is 1.95. The molecule has 0 amide bonds. The van der Waals surface area contributed by atoms with Crippen LogP contribution in [0.15, 0.2) is 34.7 Å². The summed E-state index contributed by atoms with van der Waals surface area (Å²) in [5, 5.41) is 9.93. The summed E-state index contributed by atoms with van der Waals surface area (Å²) in [6, 6.07) is 7.08. The molecule has 0 saturated heterocycles. The van der Waals surface area contributed by atoms with Crippen LogP contribution in [-0.4, -0.2) is 5.11 Å². The molecule has 1 heterocycles. The number of aliphatic hydroxyl groups excluding tert-OH is 1. The van der Waals surface area contributed by atoms with Crippen molar-refractivity contribution in [3.05, 3.63) is 59.1 Å². The van der Waals surface area contributed by atoms with Crippen LogP contribution in [0.3, 0.4) is 0 Å². The summed E-state index contributed by atoms with van der Waals surface area (Å²) >= 11 is 0. The summed E-state index contributed by atoms with van der Waals surface area (Å²) in [6.07, 6.45) is 0.0846. The maximum atomic E-state index is 13.0. The van der Waals surface area contributed by atoms with Gasteiger partial charge in [0.15, 0.2) is 11.6 Å². The second-order valence-electron chi connectivity index (χ2n) is 4.13. The van der Waals surface area contributed by atoms with Crippen molar-refractivity contribution < 1.29 is 18.3 Å². The molecule has 0 bridgehead atoms. The average Bonchev–Trinajstić information content (AvgIpc) is 2.82. The largest absolute Gasteiger partial charge is 0.463 e. The van der Waals surface area contributed by atoms with Gasteiger partial charge in [0.2, 0.25) is 0 Å². The molecule has 2 aromatic rings. The van der Waals surface area contributed by atoms with E-state index in [1.54, 1.807) is 12.1 Å². The molecule has 4 heteroatoms. The molecule has 0 aliphatic rings. The lowest BCUT2D eigenvalue weighted by Gasteiger charge is -2.08. The molecule has 2 nitrogen and oxygen atoms in total. The van der Waals surface area contributed by atoms with E-state index in [0.29, 0.717) is 11.3 Å². The van der Waals surface area contributed by atoms with Crippen LogP contribution < -0.4 is 0 Å². The first-order valence-corrected chi connectivity index (χ1v) is 5.80. The summed E-state index contributed by atoms with van der Waals surface area (Å²) < 4.78 is 31.2. The van der Waals surface area contributed by atoms with Crippen LogP contribution in [0.2, 0.25) is 0 Å². The van der Waals surface area contributed by atoms with Crippen molar-refractivity contribution in [3.63, 3.8) is 0 Å². The van der Waals surface area contributed by atoms with E-state index in [1.807, 2.05) is 6.92 Å². The molecular formula is C14H14F2O2. The van der Waals surface area contributed by atoms with E-state index in [2.05, 4.69) is 0 Å². The van der Waals surface area contributed by atoms with E-state index in [4.69, 9.17) is 4.42 Å². The molecule has 0 spiro atoms. The minimum absolute atomic E-state index is 0.188.